The number of nitrogens with zero attached hydrogens (tertiary/aromatic N) is 3. The Balaban J connectivity index is 1.84. The van der Waals surface area contributed by atoms with Gasteiger partial charge in [0.1, 0.15) is 11.1 Å². The van der Waals surface area contributed by atoms with Gasteiger partial charge in [-0.25, -0.2) is 9.97 Å². The summed E-state index contributed by atoms with van der Waals surface area (Å²) in [6.07, 6.45) is 3.54. The van der Waals surface area contributed by atoms with Crippen LogP contribution < -0.4 is 0 Å². The molecule has 0 saturated carbocycles. The van der Waals surface area contributed by atoms with Crippen molar-refractivity contribution >= 4 is 33.1 Å². The molecule has 2 aromatic carbocycles. The van der Waals surface area contributed by atoms with Gasteiger partial charge in [0, 0.05) is 22.5 Å². The van der Waals surface area contributed by atoms with Crippen LogP contribution in [0.1, 0.15) is 0 Å². The molecule has 0 saturated heterocycles. The lowest BCUT2D eigenvalue weighted by Crippen LogP contribution is -1.89. The van der Waals surface area contributed by atoms with Gasteiger partial charge >= 0.3 is 0 Å². The Morgan fingerprint density at radius 3 is 2.70 bits per heavy atom. The van der Waals surface area contributed by atoms with Crippen LogP contribution in [0.4, 0.5) is 0 Å². The van der Waals surface area contributed by atoms with Gasteiger partial charge in [0.25, 0.3) is 0 Å². The minimum atomic E-state index is 0.558. The Labute approximate surface area is 131 Å². The summed E-state index contributed by atoms with van der Waals surface area (Å²) in [7, 11) is 0. The third-order valence-electron chi connectivity index (χ3n) is 4.00. The molecule has 4 heteroatoms. The van der Waals surface area contributed by atoms with Gasteiger partial charge in [-0.15, -0.1) is 0 Å². The summed E-state index contributed by atoms with van der Waals surface area (Å²) in [6, 6.07) is 17.9. The van der Waals surface area contributed by atoms with Crippen molar-refractivity contribution < 1.29 is 4.42 Å². The number of para-hydroxylation sites is 2. The molecule has 0 amide bonds. The standard InChI is InChI=1S/C19H11N3O/c1-2-9-16-14(7-1)18-19(23-16)21-11-15(22-18)13-8-3-5-12-6-4-10-20-17(12)13/h1-11H. The minimum absolute atomic E-state index is 0.558. The molecule has 0 bridgehead atoms. The van der Waals surface area contributed by atoms with E-state index in [9.17, 15) is 0 Å². The molecule has 0 fully saturated rings. The molecule has 3 heterocycles. The first-order chi connectivity index (χ1) is 11.4. The largest absolute Gasteiger partial charge is 0.436 e. The Morgan fingerprint density at radius 2 is 1.70 bits per heavy atom. The van der Waals surface area contributed by atoms with Crippen molar-refractivity contribution in [2.24, 2.45) is 0 Å². The van der Waals surface area contributed by atoms with Gasteiger partial charge in [-0.3, -0.25) is 4.98 Å². The van der Waals surface area contributed by atoms with Crippen LogP contribution in [0, 0.1) is 0 Å². The second kappa shape index (κ2) is 4.61. The van der Waals surface area contributed by atoms with Crippen molar-refractivity contribution in [2.75, 3.05) is 0 Å². The second-order valence-electron chi connectivity index (χ2n) is 5.39. The molecular weight excluding hydrogens is 286 g/mol. The van der Waals surface area contributed by atoms with E-state index in [1.807, 2.05) is 54.6 Å². The van der Waals surface area contributed by atoms with Crippen LogP contribution in [0.3, 0.4) is 0 Å². The molecule has 0 aliphatic rings. The molecule has 5 aromatic rings. The monoisotopic (exact) mass is 297 g/mol. The number of furan rings is 1. The number of fused-ring (bicyclic) bond motifs is 4. The highest BCUT2D eigenvalue weighted by Crippen LogP contribution is 2.30. The lowest BCUT2D eigenvalue weighted by Gasteiger charge is -2.04. The first-order valence-electron chi connectivity index (χ1n) is 7.38. The van der Waals surface area contributed by atoms with E-state index in [1.165, 1.54) is 0 Å². The molecule has 4 nitrogen and oxygen atoms in total. The molecule has 0 N–H and O–H groups in total. The summed E-state index contributed by atoms with van der Waals surface area (Å²) >= 11 is 0. The van der Waals surface area contributed by atoms with E-state index in [2.05, 4.69) is 9.97 Å². The summed E-state index contributed by atoms with van der Waals surface area (Å²) in [4.78, 5) is 13.7. The molecule has 0 aliphatic heterocycles. The van der Waals surface area contributed by atoms with Crippen LogP contribution in [0.25, 0.3) is 44.4 Å². The first-order valence-corrected chi connectivity index (χ1v) is 7.38. The Kier molecular flexibility index (Phi) is 2.46. The summed E-state index contributed by atoms with van der Waals surface area (Å²) in [5.74, 6) is 0. The third-order valence-corrected chi connectivity index (χ3v) is 4.00. The van der Waals surface area contributed by atoms with E-state index in [0.717, 1.165) is 38.6 Å². The molecule has 0 atom stereocenters. The van der Waals surface area contributed by atoms with Crippen LogP contribution in [0.5, 0.6) is 0 Å². The van der Waals surface area contributed by atoms with Crippen molar-refractivity contribution in [2.45, 2.75) is 0 Å². The normalized spacial score (nSPS) is 11.5. The van der Waals surface area contributed by atoms with Crippen LogP contribution in [-0.2, 0) is 0 Å². The van der Waals surface area contributed by atoms with Gasteiger partial charge in [-0.1, -0.05) is 36.4 Å². The highest BCUT2D eigenvalue weighted by molar-refractivity contribution is 6.02. The number of benzene rings is 2. The number of rotatable bonds is 1. The highest BCUT2D eigenvalue weighted by atomic mass is 16.3. The SMILES string of the molecule is c1cnc2c(-c3cnc4oc5ccccc5c4n3)cccc2c1. The predicted octanol–water partition coefficient (Wildman–Crippen LogP) is 4.59. The van der Waals surface area contributed by atoms with E-state index in [0.29, 0.717) is 5.71 Å². The smallest absolute Gasteiger partial charge is 0.246 e. The van der Waals surface area contributed by atoms with Crippen LogP contribution >= 0.6 is 0 Å². The lowest BCUT2D eigenvalue weighted by atomic mass is 10.1. The van der Waals surface area contributed by atoms with E-state index in [1.54, 1.807) is 12.4 Å². The predicted molar refractivity (Wildman–Crippen MR) is 90.0 cm³/mol. The fourth-order valence-corrected chi connectivity index (χ4v) is 2.92. The molecule has 0 unspecified atom stereocenters. The highest BCUT2D eigenvalue weighted by Gasteiger charge is 2.12. The topological polar surface area (TPSA) is 51.8 Å². The van der Waals surface area contributed by atoms with E-state index < -0.39 is 0 Å². The average molecular weight is 297 g/mol. The van der Waals surface area contributed by atoms with Gasteiger partial charge in [-0.2, -0.15) is 0 Å². The average Bonchev–Trinajstić information content (AvgIpc) is 2.99. The van der Waals surface area contributed by atoms with Crippen LogP contribution in [0.2, 0.25) is 0 Å². The van der Waals surface area contributed by atoms with E-state index in [-0.39, 0.29) is 0 Å². The van der Waals surface area contributed by atoms with Crippen molar-refractivity contribution in [3.8, 4) is 11.3 Å². The number of hydrogen-bond donors (Lipinski definition) is 0. The maximum absolute atomic E-state index is 5.74. The van der Waals surface area contributed by atoms with Gasteiger partial charge in [0.05, 0.1) is 17.4 Å². The van der Waals surface area contributed by atoms with Gasteiger partial charge < -0.3 is 4.42 Å². The van der Waals surface area contributed by atoms with E-state index >= 15 is 0 Å². The number of aromatic nitrogens is 3. The molecule has 23 heavy (non-hydrogen) atoms. The fourth-order valence-electron chi connectivity index (χ4n) is 2.92. The molecule has 0 radical (unpaired) electrons. The minimum Gasteiger partial charge on any atom is -0.436 e. The van der Waals surface area contributed by atoms with E-state index in [4.69, 9.17) is 9.40 Å². The zero-order chi connectivity index (χ0) is 15.2. The van der Waals surface area contributed by atoms with Crippen molar-refractivity contribution in [1.82, 2.24) is 15.0 Å². The first kappa shape index (κ1) is 12.3. The molecular formula is C19H11N3O. The Morgan fingerprint density at radius 1 is 0.783 bits per heavy atom. The summed E-state index contributed by atoms with van der Waals surface area (Å²) in [6.45, 7) is 0. The maximum atomic E-state index is 5.74. The maximum Gasteiger partial charge on any atom is 0.246 e. The number of hydrogen-bond acceptors (Lipinski definition) is 4. The zero-order valence-electron chi connectivity index (χ0n) is 12.1. The summed E-state index contributed by atoms with van der Waals surface area (Å²) in [5, 5.41) is 2.06. The second-order valence-corrected chi connectivity index (χ2v) is 5.39. The number of pyridine rings is 1. The molecule has 3 aromatic heterocycles. The van der Waals surface area contributed by atoms with Crippen LogP contribution in [0.15, 0.2) is 71.4 Å². The van der Waals surface area contributed by atoms with Gasteiger partial charge in [0.2, 0.25) is 5.71 Å². The van der Waals surface area contributed by atoms with Gasteiger partial charge in [-0.05, 0) is 18.2 Å². The molecule has 108 valence electrons. The van der Waals surface area contributed by atoms with Crippen LogP contribution in [-0.4, -0.2) is 15.0 Å². The third kappa shape index (κ3) is 1.82. The molecule has 0 aliphatic carbocycles. The zero-order valence-corrected chi connectivity index (χ0v) is 12.1. The lowest BCUT2D eigenvalue weighted by molar-refractivity contribution is 0.653. The Hall–Kier alpha value is -3.27. The van der Waals surface area contributed by atoms with Gasteiger partial charge in [0.15, 0.2) is 0 Å². The molecule has 5 rings (SSSR count). The fraction of sp³-hybridized carbons (Fsp3) is 0. The molecule has 0 spiro atoms. The van der Waals surface area contributed by atoms with Crippen molar-refractivity contribution in [3.63, 3.8) is 0 Å². The quantitative estimate of drug-likeness (QED) is 0.454. The van der Waals surface area contributed by atoms with Crippen molar-refractivity contribution in [3.05, 3.63) is 67.0 Å². The van der Waals surface area contributed by atoms with Crippen molar-refractivity contribution in [1.29, 1.82) is 0 Å². The summed E-state index contributed by atoms with van der Waals surface area (Å²) in [5.41, 5.74) is 4.84. The summed E-state index contributed by atoms with van der Waals surface area (Å²) < 4.78 is 5.74. The Bertz CT molecular complexity index is 1170.